The first-order valence-corrected chi connectivity index (χ1v) is 6.68. The highest BCUT2D eigenvalue weighted by Crippen LogP contribution is 2.19. The molecule has 0 atom stereocenters. The fourth-order valence-electron chi connectivity index (χ4n) is 1.86. The van der Waals surface area contributed by atoms with Crippen molar-refractivity contribution in [2.24, 2.45) is 0 Å². The molecule has 0 unspecified atom stereocenters. The largest absolute Gasteiger partial charge is 0.496 e. The summed E-state index contributed by atoms with van der Waals surface area (Å²) in [7, 11) is 1.63. The summed E-state index contributed by atoms with van der Waals surface area (Å²) in [6, 6.07) is 5.81. The molecule has 4 nitrogen and oxygen atoms in total. The topological polar surface area (TPSA) is 58.6 Å². The highest BCUT2D eigenvalue weighted by Gasteiger charge is 2.05. The normalized spacial score (nSPS) is 10.3. The number of methoxy groups -OCH3 is 1. The van der Waals surface area contributed by atoms with E-state index in [0.717, 1.165) is 36.1 Å². The summed E-state index contributed by atoms with van der Waals surface area (Å²) in [4.78, 5) is 11.7. The zero-order valence-corrected chi connectivity index (χ0v) is 11.7. The van der Waals surface area contributed by atoms with Crippen molar-refractivity contribution in [2.45, 2.75) is 32.6 Å². The Balaban J connectivity index is 2.35. The molecule has 1 rings (SSSR count). The second kappa shape index (κ2) is 8.53. The number of unbranched alkanes of at least 4 members (excludes halogenated alkanes) is 2. The van der Waals surface area contributed by atoms with Gasteiger partial charge >= 0.3 is 0 Å². The van der Waals surface area contributed by atoms with Gasteiger partial charge in [-0.15, -0.1) is 0 Å². The van der Waals surface area contributed by atoms with Gasteiger partial charge in [-0.3, -0.25) is 4.79 Å². The summed E-state index contributed by atoms with van der Waals surface area (Å²) in [5, 5.41) is 11.5. The standard InChI is InChI=1S/C15H23NO3/c1-12-6-7-13(10-14(12)19-2)11-15(18)16-8-4-3-5-9-17/h6-7,10,17H,3-5,8-9,11H2,1-2H3,(H,16,18). The second-order valence-corrected chi connectivity index (χ2v) is 4.61. The summed E-state index contributed by atoms with van der Waals surface area (Å²) >= 11 is 0. The number of nitrogens with one attached hydrogen (secondary N) is 1. The summed E-state index contributed by atoms with van der Waals surface area (Å²) < 4.78 is 5.24. The lowest BCUT2D eigenvalue weighted by Crippen LogP contribution is -2.26. The number of rotatable bonds is 8. The van der Waals surface area contributed by atoms with Crippen molar-refractivity contribution < 1.29 is 14.6 Å². The van der Waals surface area contributed by atoms with Gasteiger partial charge in [0.15, 0.2) is 0 Å². The SMILES string of the molecule is COc1cc(CC(=O)NCCCCCO)ccc1C. The van der Waals surface area contributed by atoms with Crippen LogP contribution >= 0.6 is 0 Å². The number of aryl methyl sites for hydroxylation is 1. The van der Waals surface area contributed by atoms with E-state index in [1.165, 1.54) is 0 Å². The number of benzene rings is 1. The van der Waals surface area contributed by atoms with Crippen LogP contribution in [0.5, 0.6) is 5.75 Å². The molecule has 0 aliphatic carbocycles. The fraction of sp³-hybridized carbons (Fsp3) is 0.533. The average molecular weight is 265 g/mol. The van der Waals surface area contributed by atoms with Crippen LogP contribution in [0.3, 0.4) is 0 Å². The molecule has 0 fully saturated rings. The zero-order valence-electron chi connectivity index (χ0n) is 11.7. The Morgan fingerprint density at radius 3 is 2.79 bits per heavy atom. The Labute approximate surface area is 114 Å². The lowest BCUT2D eigenvalue weighted by molar-refractivity contribution is -0.120. The van der Waals surface area contributed by atoms with E-state index in [1.54, 1.807) is 7.11 Å². The van der Waals surface area contributed by atoms with E-state index < -0.39 is 0 Å². The van der Waals surface area contributed by atoms with Gasteiger partial charge in [0.1, 0.15) is 5.75 Å². The van der Waals surface area contributed by atoms with Gasteiger partial charge in [-0.25, -0.2) is 0 Å². The molecule has 106 valence electrons. The highest BCUT2D eigenvalue weighted by atomic mass is 16.5. The van der Waals surface area contributed by atoms with E-state index in [-0.39, 0.29) is 12.5 Å². The molecular weight excluding hydrogens is 242 g/mol. The van der Waals surface area contributed by atoms with Crippen molar-refractivity contribution in [2.75, 3.05) is 20.3 Å². The quantitative estimate of drug-likeness (QED) is 0.705. The van der Waals surface area contributed by atoms with Gasteiger partial charge in [0, 0.05) is 13.2 Å². The van der Waals surface area contributed by atoms with Gasteiger partial charge in [0.2, 0.25) is 5.91 Å². The second-order valence-electron chi connectivity index (χ2n) is 4.61. The van der Waals surface area contributed by atoms with Crippen molar-refractivity contribution in [1.82, 2.24) is 5.32 Å². The Morgan fingerprint density at radius 2 is 2.11 bits per heavy atom. The molecule has 0 aromatic heterocycles. The first-order chi connectivity index (χ1) is 9.17. The fourth-order valence-corrected chi connectivity index (χ4v) is 1.86. The summed E-state index contributed by atoms with van der Waals surface area (Å²) in [5.74, 6) is 0.836. The number of ether oxygens (including phenoxy) is 1. The van der Waals surface area contributed by atoms with Crippen LogP contribution < -0.4 is 10.1 Å². The van der Waals surface area contributed by atoms with E-state index in [9.17, 15) is 4.79 Å². The zero-order chi connectivity index (χ0) is 14.1. The minimum Gasteiger partial charge on any atom is -0.496 e. The summed E-state index contributed by atoms with van der Waals surface area (Å²) in [5.41, 5.74) is 2.02. The van der Waals surface area contributed by atoms with E-state index in [4.69, 9.17) is 9.84 Å². The van der Waals surface area contributed by atoms with Crippen molar-refractivity contribution in [3.05, 3.63) is 29.3 Å². The van der Waals surface area contributed by atoms with Gasteiger partial charge in [0.25, 0.3) is 0 Å². The first kappa shape index (κ1) is 15.5. The molecule has 0 saturated carbocycles. The van der Waals surface area contributed by atoms with E-state index in [2.05, 4.69) is 5.32 Å². The lowest BCUT2D eigenvalue weighted by Gasteiger charge is -2.08. The maximum absolute atomic E-state index is 11.7. The monoisotopic (exact) mass is 265 g/mol. The molecule has 1 aromatic carbocycles. The van der Waals surface area contributed by atoms with Crippen LogP contribution in [0, 0.1) is 6.92 Å². The highest BCUT2D eigenvalue weighted by molar-refractivity contribution is 5.78. The summed E-state index contributed by atoms with van der Waals surface area (Å²) in [6.07, 6.45) is 3.01. The van der Waals surface area contributed by atoms with Crippen LogP contribution in [0.25, 0.3) is 0 Å². The molecule has 0 aliphatic heterocycles. The van der Waals surface area contributed by atoms with Crippen molar-refractivity contribution >= 4 is 5.91 Å². The van der Waals surface area contributed by atoms with Gasteiger partial charge in [0.05, 0.1) is 13.5 Å². The molecule has 19 heavy (non-hydrogen) atoms. The molecule has 1 amide bonds. The van der Waals surface area contributed by atoms with Crippen LogP contribution in [-0.2, 0) is 11.2 Å². The van der Waals surface area contributed by atoms with Gasteiger partial charge in [-0.2, -0.15) is 0 Å². The molecular formula is C15H23NO3. The molecule has 0 bridgehead atoms. The van der Waals surface area contributed by atoms with Crippen molar-refractivity contribution in [1.29, 1.82) is 0 Å². The molecule has 0 heterocycles. The van der Waals surface area contributed by atoms with Crippen LogP contribution in [0.4, 0.5) is 0 Å². The average Bonchev–Trinajstić information content (AvgIpc) is 2.40. The Hall–Kier alpha value is -1.55. The minimum absolute atomic E-state index is 0.0231. The van der Waals surface area contributed by atoms with Crippen molar-refractivity contribution in [3.63, 3.8) is 0 Å². The minimum atomic E-state index is 0.0231. The third kappa shape index (κ3) is 5.75. The number of hydrogen-bond donors (Lipinski definition) is 2. The van der Waals surface area contributed by atoms with E-state index in [0.29, 0.717) is 13.0 Å². The number of aliphatic hydroxyl groups excluding tert-OH is 1. The number of carbonyl (C=O) groups excluding carboxylic acids is 1. The van der Waals surface area contributed by atoms with E-state index in [1.807, 2.05) is 25.1 Å². The maximum Gasteiger partial charge on any atom is 0.224 e. The van der Waals surface area contributed by atoms with Crippen LogP contribution in [0.2, 0.25) is 0 Å². The van der Waals surface area contributed by atoms with Gasteiger partial charge in [-0.1, -0.05) is 12.1 Å². The Kier molecular flexibility index (Phi) is 6.97. The third-order valence-corrected chi connectivity index (χ3v) is 2.99. The lowest BCUT2D eigenvalue weighted by atomic mass is 10.1. The Morgan fingerprint density at radius 1 is 1.32 bits per heavy atom. The maximum atomic E-state index is 11.7. The van der Waals surface area contributed by atoms with Crippen molar-refractivity contribution in [3.8, 4) is 5.75 Å². The Bertz CT molecular complexity index is 404. The first-order valence-electron chi connectivity index (χ1n) is 6.68. The molecule has 0 saturated heterocycles. The van der Waals surface area contributed by atoms with E-state index >= 15 is 0 Å². The predicted octanol–water partition coefficient (Wildman–Crippen LogP) is 1.82. The summed E-state index contributed by atoms with van der Waals surface area (Å²) in [6.45, 7) is 2.86. The number of aliphatic hydroxyl groups is 1. The number of hydrogen-bond acceptors (Lipinski definition) is 3. The van der Waals surface area contributed by atoms with Gasteiger partial charge in [-0.05, 0) is 43.4 Å². The number of carbonyl (C=O) groups is 1. The third-order valence-electron chi connectivity index (χ3n) is 2.99. The molecule has 2 N–H and O–H groups in total. The van der Waals surface area contributed by atoms with Crippen LogP contribution in [0.15, 0.2) is 18.2 Å². The van der Waals surface area contributed by atoms with Crippen LogP contribution in [-0.4, -0.2) is 31.3 Å². The predicted molar refractivity (Wildman–Crippen MR) is 75.4 cm³/mol. The molecule has 0 aliphatic rings. The van der Waals surface area contributed by atoms with Crippen LogP contribution in [0.1, 0.15) is 30.4 Å². The molecule has 4 heteroatoms. The molecule has 0 radical (unpaired) electrons. The molecule has 0 spiro atoms. The molecule has 1 aromatic rings. The number of amides is 1. The van der Waals surface area contributed by atoms with Gasteiger partial charge < -0.3 is 15.2 Å². The smallest absolute Gasteiger partial charge is 0.224 e.